The number of aromatic nitrogens is 2. The number of likely N-dealkylation sites (tertiary alicyclic amines) is 1. The van der Waals surface area contributed by atoms with Gasteiger partial charge in [0.15, 0.2) is 5.69 Å². The number of carbonyl (C=O) groups excluding carboxylic acids is 2. The van der Waals surface area contributed by atoms with E-state index >= 15 is 0 Å². The van der Waals surface area contributed by atoms with Gasteiger partial charge >= 0.3 is 0 Å². The van der Waals surface area contributed by atoms with Crippen LogP contribution in [0.15, 0.2) is 28.9 Å². The molecule has 1 N–H and O–H groups in total. The normalized spacial score (nSPS) is 16.8. The average Bonchev–Trinajstić information content (AvgIpc) is 3.11. The lowest BCUT2D eigenvalue weighted by Crippen LogP contribution is -2.46. The third-order valence-corrected chi connectivity index (χ3v) is 4.65. The van der Waals surface area contributed by atoms with Gasteiger partial charge in [-0.1, -0.05) is 22.9 Å². The zero-order valence-electron chi connectivity index (χ0n) is 15.6. The smallest absolute Gasteiger partial charge is 0.275 e. The third-order valence-electron chi connectivity index (χ3n) is 4.65. The number of nitrogens with zero attached hydrogens (tertiary/aromatic N) is 3. The lowest BCUT2D eigenvalue weighted by molar-refractivity contribution is -0.132. The molecule has 3 rings (SSSR count). The minimum absolute atomic E-state index is 0.0727. The van der Waals surface area contributed by atoms with Crippen LogP contribution in [0.1, 0.15) is 34.6 Å². The van der Waals surface area contributed by atoms with Gasteiger partial charge in [0.2, 0.25) is 5.91 Å². The molecule has 8 heteroatoms. The monoisotopic (exact) mass is 372 g/mol. The zero-order chi connectivity index (χ0) is 19.2. The predicted molar refractivity (Wildman–Crippen MR) is 97.3 cm³/mol. The molecule has 0 saturated carbocycles. The summed E-state index contributed by atoms with van der Waals surface area (Å²) in [5.41, 5.74) is 1.69. The van der Waals surface area contributed by atoms with E-state index in [1.54, 1.807) is 11.8 Å². The topological polar surface area (TPSA) is 97.6 Å². The molecule has 0 radical (unpaired) electrons. The molecule has 0 bridgehead atoms. The molecule has 1 aromatic heterocycles. The highest BCUT2D eigenvalue weighted by Crippen LogP contribution is 2.19. The van der Waals surface area contributed by atoms with Crippen molar-refractivity contribution in [3.05, 3.63) is 41.2 Å². The molecule has 1 aliphatic rings. The van der Waals surface area contributed by atoms with Gasteiger partial charge < -0.3 is 15.0 Å². The molecule has 2 aromatic rings. The average molecular weight is 372 g/mol. The Kier molecular flexibility index (Phi) is 6.05. The van der Waals surface area contributed by atoms with Gasteiger partial charge in [-0.05, 0) is 44.0 Å². The van der Waals surface area contributed by atoms with E-state index in [4.69, 9.17) is 4.74 Å². The first kappa shape index (κ1) is 18.9. The number of nitrogens with one attached hydrogen (secondary N) is 1. The Bertz CT molecular complexity index is 787. The second-order valence-electron chi connectivity index (χ2n) is 6.85. The number of amides is 2. The summed E-state index contributed by atoms with van der Waals surface area (Å²) in [5, 5.41) is 9.67. The van der Waals surface area contributed by atoms with Crippen LogP contribution in [-0.2, 0) is 4.79 Å². The van der Waals surface area contributed by atoms with Gasteiger partial charge in [-0.3, -0.25) is 9.59 Å². The molecule has 1 fully saturated rings. The summed E-state index contributed by atoms with van der Waals surface area (Å²) in [4.78, 5) is 26.2. The van der Waals surface area contributed by atoms with Gasteiger partial charge in [0, 0.05) is 19.0 Å². The molecule has 2 heterocycles. The first-order valence-electron chi connectivity index (χ1n) is 9.07. The molecule has 27 heavy (non-hydrogen) atoms. The molecule has 1 aromatic carbocycles. The molecule has 1 aliphatic heterocycles. The lowest BCUT2D eigenvalue weighted by atomic mass is 9.99. The molecule has 8 nitrogen and oxygen atoms in total. The molecule has 1 saturated heterocycles. The number of benzene rings is 1. The van der Waals surface area contributed by atoms with Gasteiger partial charge in [0.05, 0.1) is 13.2 Å². The van der Waals surface area contributed by atoms with Gasteiger partial charge in [0.25, 0.3) is 5.91 Å². The maximum atomic E-state index is 12.4. The van der Waals surface area contributed by atoms with E-state index in [0.29, 0.717) is 25.4 Å². The Labute approximate surface area is 157 Å². The van der Waals surface area contributed by atoms with Crippen molar-refractivity contribution in [3.8, 4) is 5.75 Å². The van der Waals surface area contributed by atoms with E-state index in [1.165, 1.54) is 5.56 Å². The number of aryl methyl sites for hydroxylation is 2. The number of rotatable bonds is 6. The molecule has 2 amide bonds. The summed E-state index contributed by atoms with van der Waals surface area (Å²) in [5.74, 6) is 0.547. The van der Waals surface area contributed by atoms with Crippen LogP contribution in [0, 0.1) is 19.8 Å². The minimum Gasteiger partial charge on any atom is -0.493 e. The maximum Gasteiger partial charge on any atom is 0.275 e. The fraction of sp³-hybridized carbons (Fsp3) is 0.474. The Morgan fingerprint density at radius 1 is 1.26 bits per heavy atom. The van der Waals surface area contributed by atoms with Crippen LogP contribution in [0.25, 0.3) is 0 Å². The molecule has 144 valence electrons. The Hall–Kier alpha value is -2.90. The fourth-order valence-electron chi connectivity index (χ4n) is 3.07. The van der Waals surface area contributed by atoms with E-state index in [-0.39, 0.29) is 24.1 Å². The zero-order valence-corrected chi connectivity index (χ0v) is 15.6. The summed E-state index contributed by atoms with van der Waals surface area (Å²) >= 11 is 0. The Balaban J connectivity index is 1.45. The van der Waals surface area contributed by atoms with Crippen molar-refractivity contribution in [1.82, 2.24) is 20.5 Å². The second kappa shape index (κ2) is 8.66. The summed E-state index contributed by atoms with van der Waals surface area (Å²) in [6.45, 7) is 5.48. The molecule has 0 unspecified atom stereocenters. The van der Waals surface area contributed by atoms with Crippen molar-refractivity contribution in [2.75, 3.05) is 26.2 Å². The van der Waals surface area contributed by atoms with Crippen LogP contribution < -0.4 is 10.1 Å². The minimum atomic E-state index is -0.460. The predicted octanol–water partition coefficient (Wildman–Crippen LogP) is 1.73. The third kappa shape index (κ3) is 5.06. The number of hydrogen-bond donors (Lipinski definition) is 1. The van der Waals surface area contributed by atoms with Gasteiger partial charge in [-0.15, -0.1) is 0 Å². The highest BCUT2D eigenvalue weighted by Gasteiger charge is 2.25. The van der Waals surface area contributed by atoms with Crippen LogP contribution in [-0.4, -0.2) is 53.3 Å². The van der Waals surface area contributed by atoms with Crippen molar-refractivity contribution in [3.63, 3.8) is 0 Å². The van der Waals surface area contributed by atoms with Crippen molar-refractivity contribution in [2.24, 2.45) is 5.92 Å². The van der Waals surface area contributed by atoms with Crippen molar-refractivity contribution >= 4 is 11.8 Å². The van der Waals surface area contributed by atoms with E-state index in [1.807, 2.05) is 31.2 Å². The Morgan fingerprint density at radius 3 is 2.74 bits per heavy atom. The molecular formula is C19H24N4O4. The van der Waals surface area contributed by atoms with Crippen LogP contribution in [0.2, 0.25) is 0 Å². The second-order valence-corrected chi connectivity index (χ2v) is 6.85. The summed E-state index contributed by atoms with van der Waals surface area (Å²) in [6, 6.07) is 7.94. The Morgan fingerprint density at radius 2 is 2.04 bits per heavy atom. The van der Waals surface area contributed by atoms with Crippen molar-refractivity contribution < 1.29 is 19.0 Å². The quantitative estimate of drug-likeness (QED) is 0.829. The molecule has 0 aliphatic carbocycles. The van der Waals surface area contributed by atoms with Crippen LogP contribution >= 0.6 is 0 Å². The fourth-order valence-corrected chi connectivity index (χ4v) is 3.07. The first-order chi connectivity index (χ1) is 13.0. The number of ether oxygens (including phenoxy) is 1. The standard InChI is InChI=1S/C19H24N4O4/c1-13-5-7-16(8-6-13)26-12-15-4-3-9-23(11-15)17(24)10-20-19(25)18-14(2)21-27-22-18/h5-8,15H,3-4,9-12H2,1-2H3,(H,20,25)/t15-/m0/s1. The van der Waals surface area contributed by atoms with E-state index in [9.17, 15) is 9.59 Å². The first-order valence-corrected chi connectivity index (χ1v) is 9.07. The SMILES string of the molecule is Cc1ccc(OC[C@H]2CCCN(C(=O)CNC(=O)c3nonc3C)C2)cc1. The largest absolute Gasteiger partial charge is 0.493 e. The van der Waals surface area contributed by atoms with Crippen LogP contribution in [0.4, 0.5) is 0 Å². The molecule has 0 spiro atoms. The van der Waals surface area contributed by atoms with Crippen molar-refractivity contribution in [2.45, 2.75) is 26.7 Å². The highest BCUT2D eigenvalue weighted by atomic mass is 16.6. The van der Waals surface area contributed by atoms with E-state index in [0.717, 1.165) is 18.6 Å². The van der Waals surface area contributed by atoms with Crippen LogP contribution in [0.3, 0.4) is 0 Å². The van der Waals surface area contributed by atoms with E-state index in [2.05, 4.69) is 20.3 Å². The van der Waals surface area contributed by atoms with Gasteiger partial charge in [-0.2, -0.15) is 0 Å². The number of hydrogen-bond acceptors (Lipinski definition) is 6. The lowest BCUT2D eigenvalue weighted by Gasteiger charge is -2.32. The van der Waals surface area contributed by atoms with Gasteiger partial charge in [-0.25, -0.2) is 4.63 Å². The van der Waals surface area contributed by atoms with E-state index < -0.39 is 5.91 Å². The van der Waals surface area contributed by atoms with Crippen LogP contribution in [0.5, 0.6) is 5.75 Å². The summed E-state index contributed by atoms with van der Waals surface area (Å²) < 4.78 is 10.4. The summed E-state index contributed by atoms with van der Waals surface area (Å²) in [7, 11) is 0. The number of piperidine rings is 1. The molecular weight excluding hydrogens is 348 g/mol. The van der Waals surface area contributed by atoms with Gasteiger partial charge in [0.1, 0.15) is 11.4 Å². The number of carbonyl (C=O) groups is 2. The summed E-state index contributed by atoms with van der Waals surface area (Å²) in [6.07, 6.45) is 1.94. The molecule has 1 atom stereocenters. The maximum absolute atomic E-state index is 12.4. The van der Waals surface area contributed by atoms with Crippen molar-refractivity contribution in [1.29, 1.82) is 0 Å². The highest BCUT2D eigenvalue weighted by molar-refractivity contribution is 5.95.